The van der Waals surface area contributed by atoms with Gasteiger partial charge in [0.15, 0.2) is 6.04 Å². The summed E-state index contributed by atoms with van der Waals surface area (Å²) >= 11 is 0. The molecule has 9 nitrogen and oxygen atoms in total. The maximum atomic E-state index is 13.5. The van der Waals surface area contributed by atoms with Gasteiger partial charge in [-0.2, -0.15) is 0 Å². The highest BCUT2D eigenvalue weighted by Crippen LogP contribution is 2.35. The highest BCUT2D eigenvalue weighted by molar-refractivity contribution is 5.94. The van der Waals surface area contributed by atoms with Crippen LogP contribution >= 0.6 is 0 Å². The largest absolute Gasteiger partial charge is 0.464 e. The summed E-state index contributed by atoms with van der Waals surface area (Å²) in [6.45, 7) is 12.8. The second-order valence-electron chi connectivity index (χ2n) is 9.83. The molecule has 9 heteroatoms. The first-order chi connectivity index (χ1) is 15.4. The van der Waals surface area contributed by atoms with Gasteiger partial charge in [0.1, 0.15) is 11.1 Å². The van der Waals surface area contributed by atoms with E-state index in [0.717, 1.165) is 19.3 Å². The van der Waals surface area contributed by atoms with Crippen LogP contribution in [0.4, 0.5) is 4.79 Å². The van der Waals surface area contributed by atoms with Crippen LogP contribution in [-0.4, -0.2) is 77.1 Å². The average Bonchev–Trinajstić information content (AvgIpc) is 3.08. The van der Waals surface area contributed by atoms with E-state index in [-0.39, 0.29) is 19.1 Å². The van der Waals surface area contributed by atoms with Crippen molar-refractivity contribution in [1.82, 2.24) is 10.2 Å². The lowest BCUT2D eigenvalue weighted by atomic mass is 9.95. The van der Waals surface area contributed by atoms with Crippen molar-refractivity contribution in [2.24, 2.45) is 0 Å². The van der Waals surface area contributed by atoms with E-state index >= 15 is 0 Å². The number of amides is 2. The fourth-order valence-corrected chi connectivity index (χ4v) is 3.80. The zero-order valence-electron chi connectivity index (χ0n) is 21.4. The van der Waals surface area contributed by atoms with Gasteiger partial charge in [0.05, 0.1) is 19.3 Å². The summed E-state index contributed by atoms with van der Waals surface area (Å²) in [5, 5.41) is 13.0. The Labute approximate surface area is 198 Å². The van der Waals surface area contributed by atoms with Crippen molar-refractivity contribution >= 4 is 18.0 Å². The maximum Gasteiger partial charge on any atom is 0.411 e. The smallest absolute Gasteiger partial charge is 0.411 e. The lowest BCUT2D eigenvalue weighted by molar-refractivity contribution is -0.154. The van der Waals surface area contributed by atoms with Crippen molar-refractivity contribution in [2.45, 2.75) is 116 Å². The molecule has 1 fully saturated rings. The molecule has 0 aromatic heterocycles. The molecule has 0 saturated carbocycles. The van der Waals surface area contributed by atoms with E-state index in [1.54, 1.807) is 27.7 Å². The van der Waals surface area contributed by atoms with Gasteiger partial charge in [-0.05, 0) is 60.3 Å². The van der Waals surface area contributed by atoms with Crippen molar-refractivity contribution in [1.29, 1.82) is 0 Å². The number of aliphatic hydroxyl groups is 1. The van der Waals surface area contributed by atoms with Gasteiger partial charge >= 0.3 is 12.1 Å². The molecule has 2 amide bonds. The number of nitrogens with one attached hydrogen (secondary N) is 1. The molecule has 1 heterocycles. The van der Waals surface area contributed by atoms with Crippen LogP contribution in [-0.2, 0) is 23.8 Å². The molecule has 0 bridgehead atoms. The molecule has 4 atom stereocenters. The maximum absolute atomic E-state index is 13.5. The van der Waals surface area contributed by atoms with Gasteiger partial charge in [-0.15, -0.1) is 0 Å². The summed E-state index contributed by atoms with van der Waals surface area (Å²) in [6.07, 6.45) is 2.78. The Morgan fingerprint density at radius 2 is 1.76 bits per heavy atom. The molecule has 0 radical (unpaired) electrons. The van der Waals surface area contributed by atoms with E-state index in [9.17, 15) is 19.5 Å². The molecule has 1 aliphatic heterocycles. The van der Waals surface area contributed by atoms with E-state index in [4.69, 9.17) is 14.2 Å². The Hall–Kier alpha value is -1.87. The van der Waals surface area contributed by atoms with Gasteiger partial charge in [-0.1, -0.05) is 26.7 Å². The number of unbranched alkanes of at least 4 members (excludes halogenated alkanes) is 2. The minimum absolute atomic E-state index is 0.246. The SMILES string of the molecule is CCCCOC(=O)[C@@H](NC(=O)C1(CO)CCC(C)N1C(=O)OC(C)(C)C)[C@@H](C)OCCCC. The lowest BCUT2D eigenvalue weighted by Gasteiger charge is -2.39. The zero-order chi connectivity index (χ0) is 25.2. The Bertz CT molecular complexity index is 649. The highest BCUT2D eigenvalue weighted by atomic mass is 16.6. The number of hydrogen-bond acceptors (Lipinski definition) is 7. The van der Waals surface area contributed by atoms with Gasteiger partial charge in [-0.25, -0.2) is 9.59 Å². The third-order valence-corrected chi connectivity index (χ3v) is 5.78. The third-order valence-electron chi connectivity index (χ3n) is 5.78. The van der Waals surface area contributed by atoms with Gasteiger partial charge in [0.25, 0.3) is 0 Å². The molecule has 33 heavy (non-hydrogen) atoms. The van der Waals surface area contributed by atoms with Crippen LogP contribution in [0.1, 0.15) is 87.0 Å². The van der Waals surface area contributed by atoms with Crippen LogP contribution in [0.2, 0.25) is 0 Å². The van der Waals surface area contributed by atoms with E-state index in [1.807, 2.05) is 20.8 Å². The van der Waals surface area contributed by atoms with Crippen LogP contribution in [0.15, 0.2) is 0 Å². The number of carbonyl (C=O) groups is 3. The van der Waals surface area contributed by atoms with Crippen LogP contribution in [0.3, 0.4) is 0 Å². The number of ether oxygens (including phenoxy) is 3. The summed E-state index contributed by atoms with van der Waals surface area (Å²) in [5.74, 6) is -1.22. The van der Waals surface area contributed by atoms with Crippen LogP contribution in [0, 0.1) is 0 Å². The molecule has 2 N–H and O–H groups in total. The number of aliphatic hydroxyl groups excluding tert-OH is 1. The zero-order valence-corrected chi connectivity index (χ0v) is 21.4. The Kier molecular flexibility index (Phi) is 11.6. The standard InChI is InChI=1S/C24H44N2O7/c1-8-10-14-31-18(4)19(20(28)32-15-11-9-2)25-21(29)24(16-27)13-12-17(3)26(24)22(30)33-23(5,6)7/h17-19,27H,8-16H2,1-7H3,(H,25,29)/t17?,18-,19+,24?/m1/s1. The van der Waals surface area contributed by atoms with Crippen LogP contribution in [0.5, 0.6) is 0 Å². The lowest BCUT2D eigenvalue weighted by Crippen LogP contribution is -2.64. The van der Waals surface area contributed by atoms with Gasteiger partial charge in [0.2, 0.25) is 5.91 Å². The number of nitrogens with zero attached hydrogens (tertiary/aromatic N) is 1. The number of carbonyl (C=O) groups excluding carboxylic acids is 3. The van der Waals surface area contributed by atoms with Gasteiger partial charge < -0.3 is 24.6 Å². The topological polar surface area (TPSA) is 114 Å². The fourth-order valence-electron chi connectivity index (χ4n) is 3.80. The van der Waals surface area contributed by atoms with Crippen molar-refractivity contribution in [3.8, 4) is 0 Å². The summed E-state index contributed by atoms with van der Waals surface area (Å²) in [6, 6.07) is -1.38. The number of likely N-dealkylation sites (tertiary alicyclic amines) is 1. The monoisotopic (exact) mass is 472 g/mol. The van der Waals surface area contributed by atoms with Crippen molar-refractivity contribution in [2.75, 3.05) is 19.8 Å². The number of rotatable bonds is 12. The minimum atomic E-state index is -1.53. The second-order valence-corrected chi connectivity index (χ2v) is 9.83. The molecule has 0 aliphatic carbocycles. The van der Waals surface area contributed by atoms with Crippen LogP contribution < -0.4 is 5.32 Å². The van der Waals surface area contributed by atoms with E-state index in [1.165, 1.54) is 4.90 Å². The first-order valence-corrected chi connectivity index (χ1v) is 12.2. The third kappa shape index (κ3) is 8.14. The minimum Gasteiger partial charge on any atom is -0.464 e. The van der Waals surface area contributed by atoms with E-state index < -0.39 is 47.9 Å². The van der Waals surface area contributed by atoms with Crippen molar-refractivity contribution in [3.05, 3.63) is 0 Å². The first-order valence-electron chi connectivity index (χ1n) is 12.2. The first kappa shape index (κ1) is 29.2. The number of hydrogen-bond donors (Lipinski definition) is 2. The fraction of sp³-hybridized carbons (Fsp3) is 0.875. The molecule has 0 spiro atoms. The molecular weight excluding hydrogens is 428 g/mol. The number of esters is 1. The summed E-state index contributed by atoms with van der Waals surface area (Å²) < 4.78 is 16.7. The molecule has 192 valence electrons. The highest BCUT2D eigenvalue weighted by Gasteiger charge is 2.54. The van der Waals surface area contributed by atoms with Crippen LogP contribution in [0.25, 0.3) is 0 Å². The molecule has 1 rings (SSSR count). The summed E-state index contributed by atoms with van der Waals surface area (Å²) in [4.78, 5) is 40.6. The summed E-state index contributed by atoms with van der Waals surface area (Å²) in [5.41, 5.74) is -2.29. The molecule has 0 aromatic rings. The van der Waals surface area contributed by atoms with Gasteiger partial charge in [0, 0.05) is 12.6 Å². The molecule has 0 aromatic carbocycles. The molecule has 1 saturated heterocycles. The predicted octanol–water partition coefficient (Wildman–Crippen LogP) is 3.17. The van der Waals surface area contributed by atoms with Crippen molar-refractivity contribution in [3.63, 3.8) is 0 Å². The van der Waals surface area contributed by atoms with Gasteiger partial charge in [-0.3, -0.25) is 9.69 Å². The second kappa shape index (κ2) is 13.1. The van der Waals surface area contributed by atoms with E-state index in [2.05, 4.69) is 5.32 Å². The molecule has 1 aliphatic rings. The van der Waals surface area contributed by atoms with E-state index in [0.29, 0.717) is 19.4 Å². The van der Waals surface area contributed by atoms with Crippen molar-refractivity contribution < 1.29 is 33.7 Å². The Morgan fingerprint density at radius 1 is 1.15 bits per heavy atom. The quantitative estimate of drug-likeness (QED) is 0.331. The molecular formula is C24H44N2O7. The Morgan fingerprint density at radius 3 is 2.30 bits per heavy atom. The normalized spacial score (nSPS) is 22.5. The molecule has 2 unspecified atom stereocenters. The summed E-state index contributed by atoms with van der Waals surface area (Å²) in [7, 11) is 0. The predicted molar refractivity (Wildman–Crippen MR) is 125 cm³/mol. The Balaban J connectivity index is 3.13. The average molecular weight is 473 g/mol.